The Morgan fingerprint density at radius 2 is 2.33 bits per heavy atom. The molecule has 1 saturated heterocycles. The molecular formula is C11H17N5O2. The first-order valence-corrected chi connectivity index (χ1v) is 5.81. The van der Waals surface area contributed by atoms with Crippen molar-refractivity contribution in [3.63, 3.8) is 0 Å². The number of hydrogen-bond acceptors (Lipinski definition) is 6. The van der Waals surface area contributed by atoms with E-state index in [-0.39, 0.29) is 18.1 Å². The van der Waals surface area contributed by atoms with Crippen LogP contribution in [0.15, 0.2) is 12.4 Å². The Bertz CT molecular complexity index is 422. The van der Waals surface area contributed by atoms with Crippen LogP contribution in [0.25, 0.3) is 0 Å². The summed E-state index contributed by atoms with van der Waals surface area (Å²) >= 11 is 0. The monoisotopic (exact) mass is 251 g/mol. The average Bonchev–Trinajstić information content (AvgIpc) is 2.83. The molecule has 1 aromatic heterocycles. The van der Waals surface area contributed by atoms with Gasteiger partial charge in [-0.1, -0.05) is 0 Å². The van der Waals surface area contributed by atoms with Crippen molar-refractivity contribution >= 4 is 11.7 Å². The maximum Gasteiger partial charge on any atom is 0.274 e. The van der Waals surface area contributed by atoms with Gasteiger partial charge in [0, 0.05) is 13.7 Å². The highest BCUT2D eigenvalue weighted by molar-refractivity contribution is 5.92. The molecule has 0 bridgehead atoms. The first-order chi connectivity index (χ1) is 8.63. The number of nitrogens with one attached hydrogen (secondary N) is 1. The van der Waals surface area contributed by atoms with Crippen molar-refractivity contribution in [3.05, 3.63) is 18.1 Å². The van der Waals surface area contributed by atoms with Crippen molar-refractivity contribution in [3.8, 4) is 0 Å². The van der Waals surface area contributed by atoms with Crippen LogP contribution in [-0.2, 0) is 4.74 Å². The molecule has 0 aromatic carbocycles. The van der Waals surface area contributed by atoms with Gasteiger partial charge in [-0.15, -0.1) is 0 Å². The lowest BCUT2D eigenvalue weighted by atomic mass is 10.1. The molecule has 1 fully saturated rings. The molecule has 1 aromatic rings. The van der Waals surface area contributed by atoms with Crippen LogP contribution in [0.5, 0.6) is 0 Å². The average molecular weight is 251 g/mol. The first-order valence-electron chi connectivity index (χ1n) is 5.81. The molecule has 2 heterocycles. The number of likely N-dealkylation sites (N-methyl/N-ethyl adjacent to an activating group) is 1. The Balaban J connectivity index is 2.09. The molecule has 3 N–H and O–H groups in total. The summed E-state index contributed by atoms with van der Waals surface area (Å²) in [7, 11) is 1.76. The smallest absolute Gasteiger partial charge is 0.274 e. The van der Waals surface area contributed by atoms with Crippen molar-refractivity contribution in [1.82, 2.24) is 14.9 Å². The summed E-state index contributed by atoms with van der Waals surface area (Å²) < 4.78 is 5.45. The summed E-state index contributed by atoms with van der Waals surface area (Å²) in [6.45, 7) is 2.65. The number of anilines is 1. The lowest BCUT2D eigenvalue weighted by Crippen LogP contribution is -2.41. The second-order valence-electron chi connectivity index (χ2n) is 4.28. The van der Waals surface area contributed by atoms with Crippen molar-refractivity contribution in [2.24, 2.45) is 5.84 Å². The zero-order valence-corrected chi connectivity index (χ0v) is 10.5. The van der Waals surface area contributed by atoms with Gasteiger partial charge in [0.1, 0.15) is 5.69 Å². The number of hydrazine groups is 1. The number of nitrogens with two attached hydrogens (primary N) is 1. The van der Waals surface area contributed by atoms with E-state index in [4.69, 9.17) is 10.6 Å². The van der Waals surface area contributed by atoms with Crippen LogP contribution < -0.4 is 11.3 Å². The van der Waals surface area contributed by atoms with E-state index < -0.39 is 0 Å². The molecule has 1 aliphatic rings. The third-order valence-corrected chi connectivity index (χ3v) is 3.17. The fraction of sp³-hybridized carbons (Fsp3) is 0.545. The summed E-state index contributed by atoms with van der Waals surface area (Å²) in [5.41, 5.74) is 2.67. The quantitative estimate of drug-likeness (QED) is 0.580. The molecule has 0 aliphatic carbocycles. The van der Waals surface area contributed by atoms with Crippen molar-refractivity contribution < 1.29 is 9.53 Å². The molecule has 7 heteroatoms. The number of carbonyl (C=O) groups is 1. The van der Waals surface area contributed by atoms with Gasteiger partial charge < -0.3 is 15.1 Å². The van der Waals surface area contributed by atoms with Crippen LogP contribution in [0.2, 0.25) is 0 Å². The molecule has 0 saturated carbocycles. The number of rotatable bonds is 3. The topological polar surface area (TPSA) is 93.4 Å². The van der Waals surface area contributed by atoms with Crippen LogP contribution in [0.3, 0.4) is 0 Å². The minimum Gasteiger partial charge on any atom is -0.376 e. The van der Waals surface area contributed by atoms with Gasteiger partial charge in [-0.3, -0.25) is 4.79 Å². The van der Waals surface area contributed by atoms with Gasteiger partial charge in [-0.25, -0.2) is 15.8 Å². The highest BCUT2D eigenvalue weighted by atomic mass is 16.5. The normalized spacial score (nSPS) is 22.8. The Hall–Kier alpha value is -1.73. The second-order valence-corrected chi connectivity index (χ2v) is 4.28. The Labute approximate surface area is 105 Å². The number of nitrogen functional groups attached to an aromatic ring is 1. The molecule has 2 atom stereocenters. The SMILES string of the molecule is CC1OCCC1N(C)C(=O)c1cnc(NN)cn1. The van der Waals surface area contributed by atoms with E-state index >= 15 is 0 Å². The van der Waals surface area contributed by atoms with Crippen molar-refractivity contribution in [2.45, 2.75) is 25.5 Å². The molecule has 18 heavy (non-hydrogen) atoms. The van der Waals surface area contributed by atoms with Gasteiger partial charge in [-0.05, 0) is 13.3 Å². The van der Waals surface area contributed by atoms with Gasteiger partial charge in [0.05, 0.1) is 24.5 Å². The fourth-order valence-electron chi connectivity index (χ4n) is 2.07. The number of ether oxygens (including phenoxy) is 1. The molecule has 0 radical (unpaired) electrons. The summed E-state index contributed by atoms with van der Waals surface area (Å²) in [4.78, 5) is 21.9. The van der Waals surface area contributed by atoms with E-state index in [1.165, 1.54) is 12.4 Å². The van der Waals surface area contributed by atoms with Gasteiger partial charge >= 0.3 is 0 Å². The minimum absolute atomic E-state index is 0.0527. The predicted molar refractivity (Wildman–Crippen MR) is 65.8 cm³/mol. The van der Waals surface area contributed by atoms with Gasteiger partial charge in [-0.2, -0.15) is 0 Å². The minimum atomic E-state index is -0.159. The van der Waals surface area contributed by atoms with E-state index in [1.54, 1.807) is 11.9 Å². The fourth-order valence-corrected chi connectivity index (χ4v) is 2.07. The predicted octanol–water partition coefficient (Wildman–Crippen LogP) is 0.0116. The van der Waals surface area contributed by atoms with Gasteiger partial charge in [0.2, 0.25) is 0 Å². The molecule has 1 aliphatic heterocycles. The van der Waals surface area contributed by atoms with Crippen LogP contribution in [0.1, 0.15) is 23.8 Å². The standard InChI is InChI=1S/C11H17N5O2/c1-7-9(3-4-18-7)16(2)11(17)8-5-14-10(15-12)6-13-8/h5-7,9H,3-4,12H2,1-2H3,(H,14,15). The van der Waals surface area contributed by atoms with E-state index in [0.717, 1.165) is 6.42 Å². The second kappa shape index (κ2) is 5.28. The highest BCUT2D eigenvalue weighted by Gasteiger charge is 2.31. The number of carbonyl (C=O) groups excluding carboxylic acids is 1. The highest BCUT2D eigenvalue weighted by Crippen LogP contribution is 2.19. The molecule has 2 rings (SSSR count). The summed E-state index contributed by atoms with van der Waals surface area (Å²) in [6.07, 6.45) is 3.74. The molecule has 1 amide bonds. The van der Waals surface area contributed by atoms with E-state index in [1.807, 2.05) is 6.92 Å². The third-order valence-electron chi connectivity index (χ3n) is 3.17. The maximum absolute atomic E-state index is 12.2. The molecule has 98 valence electrons. The largest absolute Gasteiger partial charge is 0.376 e. The Morgan fingerprint density at radius 1 is 1.56 bits per heavy atom. The lowest BCUT2D eigenvalue weighted by Gasteiger charge is -2.26. The van der Waals surface area contributed by atoms with Crippen LogP contribution in [0, 0.1) is 0 Å². The van der Waals surface area contributed by atoms with E-state index in [9.17, 15) is 4.79 Å². The van der Waals surface area contributed by atoms with Crippen LogP contribution in [0.4, 0.5) is 5.82 Å². The van der Waals surface area contributed by atoms with Gasteiger partial charge in [0.15, 0.2) is 5.82 Å². The number of hydrogen-bond donors (Lipinski definition) is 2. The summed E-state index contributed by atoms with van der Waals surface area (Å²) in [6, 6.07) is 0.0895. The van der Waals surface area contributed by atoms with E-state index in [2.05, 4.69) is 15.4 Å². The number of nitrogens with zero attached hydrogens (tertiary/aromatic N) is 3. The third kappa shape index (κ3) is 2.41. The van der Waals surface area contributed by atoms with Gasteiger partial charge in [0.25, 0.3) is 5.91 Å². The first kappa shape index (κ1) is 12.7. The maximum atomic E-state index is 12.2. The molecule has 2 unspecified atom stereocenters. The Kier molecular flexibility index (Phi) is 3.73. The molecule has 7 nitrogen and oxygen atoms in total. The number of amides is 1. The lowest BCUT2D eigenvalue weighted by molar-refractivity contribution is 0.0569. The zero-order chi connectivity index (χ0) is 13.1. The van der Waals surface area contributed by atoms with E-state index in [0.29, 0.717) is 18.1 Å². The van der Waals surface area contributed by atoms with Crippen molar-refractivity contribution in [1.29, 1.82) is 0 Å². The zero-order valence-electron chi connectivity index (χ0n) is 10.5. The summed E-state index contributed by atoms with van der Waals surface area (Å²) in [5.74, 6) is 5.45. The van der Waals surface area contributed by atoms with Crippen LogP contribution in [-0.4, -0.2) is 46.6 Å². The molecular weight excluding hydrogens is 234 g/mol. The number of aromatic nitrogens is 2. The Morgan fingerprint density at radius 3 is 2.83 bits per heavy atom. The van der Waals surface area contributed by atoms with Crippen molar-refractivity contribution in [2.75, 3.05) is 19.1 Å². The summed E-state index contributed by atoms with van der Waals surface area (Å²) in [5, 5.41) is 0. The van der Waals surface area contributed by atoms with Crippen LogP contribution >= 0.6 is 0 Å². The molecule has 0 spiro atoms.